The standard InChI is InChI=1S/C35H38ClF2N3O3/c1-4-7-10-22(5-2)33(42)28-15-13-24(19-30(28)36)23-14-16-32(44-35(37,38)6-3)29(18-23)34(43)41-26(20-39)17-25-21-40-31-12-9-8-11-27(25)31/h6,8-9,11-16,18-19,21-22,26,40H,3-5,7,10,17,20,39H2,1-2H3,(H,41,43). The van der Waals surface area contributed by atoms with Gasteiger partial charge in [-0.05, 0) is 66.3 Å². The molecule has 0 aliphatic carbocycles. The quantitative estimate of drug-likeness (QED) is 0.0918. The molecule has 1 amide bonds. The van der Waals surface area contributed by atoms with E-state index in [-0.39, 0.29) is 34.6 Å². The zero-order valence-electron chi connectivity index (χ0n) is 25.0. The van der Waals surface area contributed by atoms with Gasteiger partial charge in [0.25, 0.3) is 5.91 Å². The average Bonchev–Trinajstić information content (AvgIpc) is 3.43. The number of carbonyl (C=O) groups is 2. The molecular formula is C35H38ClF2N3O3. The lowest BCUT2D eigenvalue weighted by Crippen LogP contribution is -2.42. The van der Waals surface area contributed by atoms with E-state index in [0.29, 0.717) is 29.2 Å². The van der Waals surface area contributed by atoms with Crippen LogP contribution in [0.5, 0.6) is 5.75 Å². The molecule has 0 bridgehead atoms. The van der Waals surface area contributed by atoms with Gasteiger partial charge < -0.3 is 20.8 Å². The van der Waals surface area contributed by atoms with E-state index < -0.39 is 18.1 Å². The van der Waals surface area contributed by atoms with Crippen molar-refractivity contribution in [2.75, 3.05) is 6.54 Å². The van der Waals surface area contributed by atoms with Gasteiger partial charge in [-0.15, -0.1) is 0 Å². The Balaban J connectivity index is 1.64. The first-order valence-electron chi connectivity index (χ1n) is 14.8. The van der Waals surface area contributed by atoms with Crippen LogP contribution in [-0.2, 0) is 6.42 Å². The molecule has 3 aromatic carbocycles. The summed E-state index contributed by atoms with van der Waals surface area (Å²) in [5, 5.41) is 4.17. The van der Waals surface area contributed by atoms with Crippen LogP contribution in [0.1, 0.15) is 65.8 Å². The number of hydrogen-bond acceptors (Lipinski definition) is 4. The van der Waals surface area contributed by atoms with Gasteiger partial charge in [-0.2, -0.15) is 8.78 Å². The van der Waals surface area contributed by atoms with Gasteiger partial charge in [0.05, 0.1) is 10.6 Å². The number of rotatable bonds is 15. The lowest BCUT2D eigenvalue weighted by atomic mass is 9.89. The van der Waals surface area contributed by atoms with Crippen molar-refractivity contribution in [2.45, 2.75) is 58.1 Å². The van der Waals surface area contributed by atoms with Crippen LogP contribution in [-0.4, -0.2) is 35.4 Å². The van der Waals surface area contributed by atoms with Gasteiger partial charge in [-0.25, -0.2) is 0 Å². The van der Waals surface area contributed by atoms with E-state index in [2.05, 4.69) is 23.8 Å². The number of benzene rings is 3. The molecule has 1 heterocycles. The van der Waals surface area contributed by atoms with E-state index in [1.807, 2.05) is 37.4 Å². The monoisotopic (exact) mass is 621 g/mol. The van der Waals surface area contributed by atoms with Crippen LogP contribution in [0.3, 0.4) is 0 Å². The molecule has 6 nitrogen and oxygen atoms in total. The number of ketones is 1. The molecule has 0 aliphatic rings. The summed E-state index contributed by atoms with van der Waals surface area (Å²) in [5.41, 5.74) is 9.41. The Kier molecular flexibility index (Phi) is 10.9. The minimum absolute atomic E-state index is 0.00371. The number of halogens is 3. The largest absolute Gasteiger partial charge is 0.429 e. The number of para-hydroxylation sites is 1. The molecule has 44 heavy (non-hydrogen) atoms. The SMILES string of the molecule is C=CC(F)(F)Oc1ccc(-c2ccc(C(=O)C(CC)CCCC)c(Cl)c2)cc1C(=O)NC(CN)Cc1c[nH]c2ccccc12. The van der Waals surface area contributed by atoms with Crippen LogP contribution in [0.25, 0.3) is 22.0 Å². The number of ether oxygens (including phenoxy) is 1. The molecule has 0 saturated heterocycles. The van der Waals surface area contributed by atoms with E-state index in [1.54, 1.807) is 24.3 Å². The highest BCUT2D eigenvalue weighted by Gasteiger charge is 2.30. The summed E-state index contributed by atoms with van der Waals surface area (Å²) < 4.78 is 33.4. The molecule has 4 rings (SSSR count). The maximum Gasteiger partial charge on any atom is 0.419 e. The van der Waals surface area contributed by atoms with Crippen molar-refractivity contribution in [3.05, 3.63) is 101 Å². The number of fused-ring (bicyclic) bond motifs is 1. The first-order valence-corrected chi connectivity index (χ1v) is 15.2. The Hall–Kier alpha value is -4.01. The van der Waals surface area contributed by atoms with Crippen LogP contribution in [0.15, 0.2) is 79.5 Å². The number of hydrogen-bond donors (Lipinski definition) is 3. The molecule has 4 aromatic rings. The molecule has 232 valence electrons. The molecule has 2 unspecified atom stereocenters. The number of nitrogens with one attached hydrogen (secondary N) is 2. The predicted molar refractivity (Wildman–Crippen MR) is 173 cm³/mol. The minimum Gasteiger partial charge on any atom is -0.429 e. The van der Waals surface area contributed by atoms with Gasteiger partial charge in [-0.1, -0.05) is 75.2 Å². The summed E-state index contributed by atoms with van der Waals surface area (Å²) >= 11 is 6.59. The number of nitrogens with two attached hydrogens (primary N) is 1. The highest BCUT2D eigenvalue weighted by Crippen LogP contribution is 2.34. The first-order chi connectivity index (χ1) is 21.1. The molecule has 4 N–H and O–H groups in total. The Morgan fingerprint density at radius 2 is 1.82 bits per heavy atom. The number of Topliss-reactive ketones (excluding diaryl/α,β-unsaturated/α-hetero) is 1. The van der Waals surface area contributed by atoms with Crippen LogP contribution < -0.4 is 15.8 Å². The predicted octanol–water partition coefficient (Wildman–Crippen LogP) is 8.34. The molecule has 0 aliphatic heterocycles. The van der Waals surface area contributed by atoms with Gasteiger partial charge in [0, 0.05) is 47.2 Å². The molecule has 0 fully saturated rings. The third-order valence-corrected chi connectivity index (χ3v) is 8.12. The maximum atomic E-state index is 14.2. The summed E-state index contributed by atoms with van der Waals surface area (Å²) in [4.78, 5) is 30.0. The first kappa shape index (κ1) is 32.9. The fraction of sp³-hybridized carbons (Fsp3) is 0.314. The number of aromatic amines is 1. The van der Waals surface area contributed by atoms with Gasteiger partial charge in [0.1, 0.15) is 5.75 Å². The molecule has 2 atom stereocenters. The molecular weight excluding hydrogens is 584 g/mol. The second-order valence-electron chi connectivity index (χ2n) is 10.9. The second kappa shape index (κ2) is 14.6. The van der Waals surface area contributed by atoms with Crippen molar-refractivity contribution in [3.8, 4) is 16.9 Å². The number of H-pyrrole nitrogens is 1. The van der Waals surface area contributed by atoms with Crippen molar-refractivity contribution in [1.29, 1.82) is 0 Å². The molecule has 9 heteroatoms. The van der Waals surface area contributed by atoms with E-state index >= 15 is 0 Å². The lowest BCUT2D eigenvalue weighted by Gasteiger charge is -2.21. The van der Waals surface area contributed by atoms with E-state index in [4.69, 9.17) is 22.1 Å². The van der Waals surface area contributed by atoms with Crippen LogP contribution in [0, 0.1) is 5.92 Å². The van der Waals surface area contributed by atoms with E-state index in [0.717, 1.165) is 42.1 Å². The zero-order valence-corrected chi connectivity index (χ0v) is 25.7. The van der Waals surface area contributed by atoms with Crippen molar-refractivity contribution in [1.82, 2.24) is 10.3 Å². The normalized spacial score (nSPS) is 13.0. The van der Waals surface area contributed by atoms with Gasteiger partial charge in [0.15, 0.2) is 5.78 Å². The number of carbonyl (C=O) groups excluding carboxylic acids is 2. The smallest absolute Gasteiger partial charge is 0.419 e. The molecule has 0 radical (unpaired) electrons. The summed E-state index contributed by atoms with van der Waals surface area (Å²) in [5.74, 6) is -1.07. The number of amides is 1. The Morgan fingerprint density at radius 1 is 1.09 bits per heavy atom. The third kappa shape index (κ3) is 7.73. The number of aromatic nitrogens is 1. The second-order valence-corrected chi connectivity index (χ2v) is 11.3. The third-order valence-electron chi connectivity index (χ3n) is 7.81. The van der Waals surface area contributed by atoms with Crippen LogP contribution in [0.2, 0.25) is 5.02 Å². The highest BCUT2D eigenvalue weighted by atomic mass is 35.5. The molecule has 0 saturated carbocycles. The fourth-order valence-electron chi connectivity index (χ4n) is 5.27. The van der Waals surface area contributed by atoms with Gasteiger partial charge in [-0.3, -0.25) is 9.59 Å². The molecule has 1 aromatic heterocycles. The van der Waals surface area contributed by atoms with E-state index in [9.17, 15) is 18.4 Å². The lowest BCUT2D eigenvalue weighted by molar-refractivity contribution is -0.131. The average molecular weight is 622 g/mol. The van der Waals surface area contributed by atoms with Crippen molar-refractivity contribution < 1.29 is 23.1 Å². The van der Waals surface area contributed by atoms with Crippen LogP contribution in [0.4, 0.5) is 8.78 Å². The fourth-order valence-corrected chi connectivity index (χ4v) is 5.55. The number of alkyl halides is 2. The topological polar surface area (TPSA) is 97.2 Å². The zero-order chi connectivity index (χ0) is 31.9. The summed E-state index contributed by atoms with van der Waals surface area (Å²) in [6.45, 7) is 7.32. The summed E-state index contributed by atoms with van der Waals surface area (Å²) in [6.07, 6.45) is 2.42. The van der Waals surface area contributed by atoms with Gasteiger partial charge in [0.2, 0.25) is 0 Å². The molecule has 0 spiro atoms. The van der Waals surface area contributed by atoms with E-state index in [1.165, 1.54) is 12.1 Å². The minimum atomic E-state index is -3.70. The van der Waals surface area contributed by atoms with Crippen molar-refractivity contribution in [2.24, 2.45) is 11.7 Å². The van der Waals surface area contributed by atoms with Crippen molar-refractivity contribution in [3.63, 3.8) is 0 Å². The Bertz CT molecular complexity index is 1630. The number of unbranched alkanes of at least 4 members (excludes halogenated alkanes) is 1. The van der Waals surface area contributed by atoms with Crippen LogP contribution >= 0.6 is 11.6 Å². The highest BCUT2D eigenvalue weighted by molar-refractivity contribution is 6.34. The van der Waals surface area contributed by atoms with Crippen molar-refractivity contribution >= 4 is 34.2 Å². The van der Waals surface area contributed by atoms with Gasteiger partial charge >= 0.3 is 6.11 Å². The maximum absolute atomic E-state index is 14.2. The summed E-state index contributed by atoms with van der Waals surface area (Å²) in [7, 11) is 0. The Labute approximate surface area is 261 Å². The summed E-state index contributed by atoms with van der Waals surface area (Å²) in [6, 6.07) is 16.7. The Morgan fingerprint density at radius 3 is 2.50 bits per heavy atom.